The fourth-order valence-corrected chi connectivity index (χ4v) is 5.13. The van der Waals surface area contributed by atoms with Gasteiger partial charge in [0.15, 0.2) is 0 Å². The summed E-state index contributed by atoms with van der Waals surface area (Å²) in [5.41, 5.74) is 7.14. The third kappa shape index (κ3) is 5.39. The third-order valence-electron chi connectivity index (χ3n) is 7.06. The summed E-state index contributed by atoms with van der Waals surface area (Å²) in [5.74, 6) is 0.309. The van der Waals surface area contributed by atoms with Crippen molar-refractivity contribution in [2.75, 3.05) is 13.7 Å². The van der Waals surface area contributed by atoms with Gasteiger partial charge in [0.1, 0.15) is 22.8 Å². The summed E-state index contributed by atoms with van der Waals surface area (Å²) in [5, 5.41) is 1.00. The van der Waals surface area contributed by atoms with Gasteiger partial charge >= 0.3 is 6.09 Å². The van der Waals surface area contributed by atoms with Crippen LogP contribution in [-0.4, -0.2) is 46.3 Å². The Hall–Kier alpha value is -4.13. The van der Waals surface area contributed by atoms with Crippen LogP contribution in [0, 0.1) is 12.7 Å². The van der Waals surface area contributed by atoms with Crippen molar-refractivity contribution in [1.82, 2.24) is 14.9 Å². The van der Waals surface area contributed by atoms with Crippen LogP contribution >= 0.6 is 0 Å². The summed E-state index contributed by atoms with van der Waals surface area (Å²) in [6.45, 7) is 10.3. The second kappa shape index (κ2) is 10.2. The summed E-state index contributed by atoms with van der Waals surface area (Å²) in [4.78, 5) is 22.5. The van der Waals surface area contributed by atoms with E-state index in [-0.39, 0.29) is 18.0 Å². The van der Waals surface area contributed by atoms with Crippen LogP contribution in [0.2, 0.25) is 0 Å². The molecule has 0 aliphatic carbocycles. The number of pyridine rings is 1. The van der Waals surface area contributed by atoms with Gasteiger partial charge in [-0.1, -0.05) is 18.2 Å². The van der Waals surface area contributed by atoms with Gasteiger partial charge in [-0.15, -0.1) is 0 Å². The van der Waals surface area contributed by atoms with E-state index in [9.17, 15) is 9.18 Å². The number of rotatable bonds is 4. The van der Waals surface area contributed by atoms with Gasteiger partial charge in [0, 0.05) is 29.4 Å². The van der Waals surface area contributed by atoms with Crippen LogP contribution in [0.3, 0.4) is 0 Å². The van der Waals surface area contributed by atoms with Crippen molar-refractivity contribution in [2.24, 2.45) is 0 Å². The Morgan fingerprint density at radius 2 is 1.87 bits per heavy atom. The second-order valence-corrected chi connectivity index (χ2v) is 11.0. The number of fused-ring (bicyclic) bond motifs is 1. The number of hydrogen-bond donors (Lipinski definition) is 1. The van der Waals surface area contributed by atoms with Gasteiger partial charge < -0.3 is 19.4 Å². The average molecular weight is 528 g/mol. The maximum absolute atomic E-state index is 14.1. The van der Waals surface area contributed by atoms with Crippen molar-refractivity contribution in [3.05, 3.63) is 77.9 Å². The first-order valence-corrected chi connectivity index (χ1v) is 13.2. The Bertz CT molecular complexity index is 1580. The van der Waals surface area contributed by atoms with E-state index in [4.69, 9.17) is 9.47 Å². The molecule has 0 unspecified atom stereocenters. The highest BCUT2D eigenvalue weighted by molar-refractivity contribution is 5.97. The fourth-order valence-electron chi connectivity index (χ4n) is 5.13. The van der Waals surface area contributed by atoms with E-state index < -0.39 is 5.60 Å². The molecule has 0 fully saturated rings. The van der Waals surface area contributed by atoms with E-state index in [1.165, 1.54) is 12.1 Å². The predicted octanol–water partition coefficient (Wildman–Crippen LogP) is 7.77. The molecule has 1 atom stereocenters. The molecule has 0 saturated heterocycles. The summed E-state index contributed by atoms with van der Waals surface area (Å²) in [7, 11) is 1.59. The molecular formula is C32H34FN3O3. The van der Waals surface area contributed by atoms with Gasteiger partial charge in [0.05, 0.1) is 13.2 Å². The van der Waals surface area contributed by atoms with Crippen LogP contribution in [-0.2, 0) is 4.74 Å². The quantitative estimate of drug-likeness (QED) is 0.294. The number of nitrogens with one attached hydrogen (secondary N) is 1. The number of carbonyl (C=O) groups excluding carboxylic acids is 1. The first kappa shape index (κ1) is 26.5. The van der Waals surface area contributed by atoms with E-state index in [0.29, 0.717) is 24.3 Å². The summed E-state index contributed by atoms with van der Waals surface area (Å²) < 4.78 is 25.2. The topological polar surface area (TPSA) is 67.5 Å². The van der Waals surface area contributed by atoms with E-state index in [1.807, 2.05) is 45.9 Å². The minimum atomic E-state index is -0.532. The Morgan fingerprint density at radius 3 is 2.59 bits per heavy atom. The van der Waals surface area contributed by atoms with Crippen LogP contribution in [0.15, 0.2) is 60.8 Å². The zero-order valence-electron chi connectivity index (χ0n) is 23.3. The first-order chi connectivity index (χ1) is 18.5. The molecule has 2 aromatic carbocycles. The SMILES string of the molecule is COc1ccc(F)cc1-c1ccc(C)c(-c2ccnc3[nH]c(C4=C[C@H](C)N(C(=O)OC(C)(C)C)CC4)cc23)c1. The number of aromatic amines is 1. The number of ether oxygens (including phenoxy) is 2. The highest BCUT2D eigenvalue weighted by Gasteiger charge is 2.28. The molecule has 39 heavy (non-hydrogen) atoms. The summed E-state index contributed by atoms with van der Waals surface area (Å²) in [6.07, 6.45) is 4.32. The molecule has 7 heteroatoms. The van der Waals surface area contributed by atoms with Crippen molar-refractivity contribution in [3.8, 4) is 28.0 Å². The molecule has 5 rings (SSSR count). The number of nitrogens with zero attached hydrogens (tertiary/aromatic N) is 2. The summed E-state index contributed by atoms with van der Waals surface area (Å²) >= 11 is 0. The Labute approximate surface area is 228 Å². The molecule has 3 heterocycles. The van der Waals surface area contributed by atoms with Crippen molar-refractivity contribution >= 4 is 22.7 Å². The molecule has 4 aromatic rings. The first-order valence-electron chi connectivity index (χ1n) is 13.2. The predicted molar refractivity (Wildman–Crippen MR) is 153 cm³/mol. The Balaban J connectivity index is 1.51. The minimum Gasteiger partial charge on any atom is -0.496 e. The van der Waals surface area contributed by atoms with Crippen molar-refractivity contribution in [3.63, 3.8) is 0 Å². The Morgan fingerprint density at radius 1 is 1.08 bits per heavy atom. The second-order valence-electron chi connectivity index (χ2n) is 11.0. The molecule has 0 bridgehead atoms. The standard InChI is InChI=1S/C32H34FN3O3/c1-19-7-8-21(26-17-23(33)9-10-29(26)38-6)16-25(19)24-11-13-34-30-27(24)18-28(35-30)22-12-14-36(20(2)15-22)31(37)39-32(3,4)5/h7-11,13,15-18,20H,12,14H2,1-6H3,(H,34,35)/t20-/m0/s1. The molecule has 1 N–H and O–H groups in total. The molecule has 6 nitrogen and oxygen atoms in total. The maximum Gasteiger partial charge on any atom is 0.410 e. The number of aryl methyl sites for hydroxylation is 1. The highest BCUT2D eigenvalue weighted by atomic mass is 19.1. The Kier molecular flexibility index (Phi) is 6.93. The highest BCUT2D eigenvalue weighted by Crippen LogP contribution is 2.38. The zero-order valence-corrected chi connectivity index (χ0v) is 23.3. The van der Waals surface area contributed by atoms with E-state index in [1.54, 1.807) is 24.3 Å². The normalized spacial score (nSPS) is 15.8. The van der Waals surface area contributed by atoms with Gasteiger partial charge in [-0.05, 0) is 105 Å². The van der Waals surface area contributed by atoms with Gasteiger partial charge in [0.2, 0.25) is 0 Å². The zero-order chi connectivity index (χ0) is 27.9. The molecule has 1 aliphatic rings. The lowest BCUT2D eigenvalue weighted by Gasteiger charge is -2.33. The van der Waals surface area contributed by atoms with E-state index in [0.717, 1.165) is 44.6 Å². The van der Waals surface area contributed by atoms with Crippen LogP contribution in [0.4, 0.5) is 9.18 Å². The van der Waals surface area contributed by atoms with Crippen molar-refractivity contribution in [1.29, 1.82) is 0 Å². The van der Waals surface area contributed by atoms with E-state index in [2.05, 4.69) is 35.1 Å². The number of methoxy groups -OCH3 is 1. The number of carbonyl (C=O) groups is 1. The molecule has 0 radical (unpaired) electrons. The van der Waals surface area contributed by atoms with Crippen molar-refractivity contribution < 1.29 is 18.7 Å². The van der Waals surface area contributed by atoms with E-state index >= 15 is 0 Å². The molecule has 1 amide bonds. The van der Waals surface area contributed by atoms with Gasteiger partial charge in [-0.3, -0.25) is 0 Å². The minimum absolute atomic E-state index is 0.0948. The summed E-state index contributed by atoms with van der Waals surface area (Å²) in [6, 6.07) is 14.7. The molecule has 2 aromatic heterocycles. The van der Waals surface area contributed by atoms with Crippen LogP contribution in [0.1, 0.15) is 45.4 Å². The lowest BCUT2D eigenvalue weighted by molar-refractivity contribution is 0.0209. The monoisotopic (exact) mass is 527 g/mol. The van der Waals surface area contributed by atoms with Gasteiger partial charge in [0.25, 0.3) is 0 Å². The number of hydrogen-bond acceptors (Lipinski definition) is 4. The number of benzene rings is 2. The molecule has 0 saturated carbocycles. The molecule has 1 aliphatic heterocycles. The fraction of sp³-hybridized carbons (Fsp3) is 0.312. The number of amides is 1. The van der Waals surface area contributed by atoms with Gasteiger partial charge in [-0.25, -0.2) is 14.2 Å². The third-order valence-corrected chi connectivity index (χ3v) is 7.06. The molecule has 0 spiro atoms. The number of halogens is 1. The number of aromatic nitrogens is 2. The molecule has 202 valence electrons. The lowest BCUT2D eigenvalue weighted by atomic mass is 9.93. The van der Waals surface area contributed by atoms with Crippen LogP contribution < -0.4 is 4.74 Å². The average Bonchev–Trinajstić information content (AvgIpc) is 3.32. The van der Waals surface area contributed by atoms with Crippen LogP contribution in [0.5, 0.6) is 5.75 Å². The lowest BCUT2D eigenvalue weighted by Crippen LogP contribution is -2.43. The molecular weight excluding hydrogens is 493 g/mol. The number of H-pyrrole nitrogens is 1. The van der Waals surface area contributed by atoms with Crippen molar-refractivity contribution in [2.45, 2.75) is 52.7 Å². The smallest absolute Gasteiger partial charge is 0.410 e. The van der Waals surface area contributed by atoms with Crippen LogP contribution in [0.25, 0.3) is 38.9 Å². The maximum atomic E-state index is 14.1. The largest absolute Gasteiger partial charge is 0.496 e. The van der Waals surface area contributed by atoms with Gasteiger partial charge in [-0.2, -0.15) is 0 Å².